The summed E-state index contributed by atoms with van der Waals surface area (Å²) in [5, 5.41) is 5.32. The molecule has 2 rings (SSSR count). The van der Waals surface area contributed by atoms with Crippen LogP contribution in [0.15, 0.2) is 29.2 Å². The van der Waals surface area contributed by atoms with Crippen LogP contribution in [-0.4, -0.2) is 50.2 Å². The fourth-order valence-electron chi connectivity index (χ4n) is 2.80. The van der Waals surface area contributed by atoms with Gasteiger partial charge in [0, 0.05) is 25.2 Å². The fraction of sp³-hybridized carbons (Fsp3) is 0.556. The smallest absolute Gasteiger partial charge is 0.251 e. The van der Waals surface area contributed by atoms with E-state index in [2.05, 4.69) is 10.6 Å². The summed E-state index contributed by atoms with van der Waals surface area (Å²) in [7, 11) is -3.60. The van der Waals surface area contributed by atoms with Crippen molar-refractivity contribution in [1.29, 1.82) is 0 Å². The number of carbonyl (C=O) groups excluding carboxylic acids is 2. The lowest BCUT2D eigenvalue weighted by molar-refractivity contribution is -0.122. The van der Waals surface area contributed by atoms with Crippen molar-refractivity contribution in [2.24, 2.45) is 0 Å². The molecule has 26 heavy (non-hydrogen) atoms. The maximum Gasteiger partial charge on any atom is 0.251 e. The van der Waals surface area contributed by atoms with Crippen LogP contribution in [0.3, 0.4) is 0 Å². The number of hydrogen-bond acceptors (Lipinski definition) is 4. The molecule has 0 bridgehead atoms. The molecule has 1 aromatic carbocycles. The largest absolute Gasteiger partial charge is 0.354 e. The lowest BCUT2D eigenvalue weighted by atomic mass is 10.2. The lowest BCUT2D eigenvalue weighted by Gasteiger charge is -2.26. The normalized spacial score (nSPS) is 16.7. The molecule has 8 heteroatoms. The van der Waals surface area contributed by atoms with Crippen molar-refractivity contribution in [2.75, 3.05) is 19.6 Å². The summed E-state index contributed by atoms with van der Waals surface area (Å²) < 4.78 is 26.9. The van der Waals surface area contributed by atoms with Crippen molar-refractivity contribution in [1.82, 2.24) is 14.9 Å². The average molecular weight is 381 g/mol. The molecule has 2 amide bonds. The maximum atomic E-state index is 12.7. The molecular weight excluding hydrogens is 354 g/mol. The zero-order valence-electron chi connectivity index (χ0n) is 15.3. The number of rotatable bonds is 7. The number of nitrogens with one attached hydrogen (secondary N) is 2. The number of nitrogens with zero attached hydrogens (tertiary/aromatic N) is 1. The summed E-state index contributed by atoms with van der Waals surface area (Å²) in [5.74, 6) is -0.739. The van der Waals surface area contributed by atoms with E-state index >= 15 is 0 Å². The van der Waals surface area contributed by atoms with Crippen LogP contribution >= 0.6 is 0 Å². The van der Waals surface area contributed by atoms with Gasteiger partial charge in [-0.2, -0.15) is 4.31 Å². The quantitative estimate of drug-likeness (QED) is 0.748. The summed E-state index contributed by atoms with van der Waals surface area (Å²) in [5.41, 5.74) is 0.221. The van der Waals surface area contributed by atoms with Crippen molar-refractivity contribution in [2.45, 2.75) is 50.5 Å². The molecule has 144 valence electrons. The second kappa shape index (κ2) is 9.14. The predicted molar refractivity (Wildman–Crippen MR) is 99.3 cm³/mol. The molecule has 1 aliphatic rings. The summed E-state index contributed by atoms with van der Waals surface area (Å²) in [6.45, 7) is 5.10. The third-order valence-electron chi connectivity index (χ3n) is 4.34. The molecule has 7 nitrogen and oxygen atoms in total. The lowest BCUT2D eigenvalue weighted by Crippen LogP contribution is -2.45. The molecule has 1 saturated heterocycles. The van der Waals surface area contributed by atoms with Gasteiger partial charge in [0.1, 0.15) is 6.04 Å². The highest BCUT2D eigenvalue weighted by atomic mass is 32.2. The molecule has 1 aliphatic heterocycles. The van der Waals surface area contributed by atoms with E-state index in [-0.39, 0.29) is 16.4 Å². The Hall–Kier alpha value is -1.93. The van der Waals surface area contributed by atoms with E-state index in [1.807, 2.05) is 6.92 Å². The van der Waals surface area contributed by atoms with E-state index in [4.69, 9.17) is 0 Å². The van der Waals surface area contributed by atoms with E-state index in [0.29, 0.717) is 19.6 Å². The molecule has 0 spiro atoms. The van der Waals surface area contributed by atoms with Gasteiger partial charge in [-0.1, -0.05) is 19.4 Å². The minimum atomic E-state index is -3.60. The van der Waals surface area contributed by atoms with Crippen molar-refractivity contribution < 1.29 is 18.0 Å². The van der Waals surface area contributed by atoms with Gasteiger partial charge in [0.15, 0.2) is 0 Å². The second-order valence-corrected chi connectivity index (χ2v) is 8.42. The summed E-state index contributed by atoms with van der Waals surface area (Å²) in [6.07, 6.45) is 3.54. The van der Waals surface area contributed by atoms with E-state index in [0.717, 1.165) is 25.7 Å². The van der Waals surface area contributed by atoms with Crippen LogP contribution in [0, 0.1) is 0 Å². The average Bonchev–Trinajstić information content (AvgIpc) is 2.66. The van der Waals surface area contributed by atoms with E-state index in [9.17, 15) is 18.0 Å². The molecule has 0 saturated carbocycles. The first kappa shape index (κ1) is 20.4. The molecule has 0 radical (unpaired) electrons. The van der Waals surface area contributed by atoms with Gasteiger partial charge in [-0.3, -0.25) is 9.59 Å². The van der Waals surface area contributed by atoms with Gasteiger partial charge in [-0.15, -0.1) is 0 Å². The number of carbonyl (C=O) groups is 2. The minimum Gasteiger partial charge on any atom is -0.354 e. The Labute approximate surface area is 155 Å². The van der Waals surface area contributed by atoms with Crippen LogP contribution in [-0.2, 0) is 14.8 Å². The molecule has 1 aromatic rings. The Kier molecular flexibility index (Phi) is 7.16. The Morgan fingerprint density at radius 3 is 2.54 bits per heavy atom. The van der Waals surface area contributed by atoms with Gasteiger partial charge >= 0.3 is 0 Å². The van der Waals surface area contributed by atoms with Gasteiger partial charge in [-0.05, 0) is 44.4 Å². The van der Waals surface area contributed by atoms with E-state index in [1.165, 1.54) is 16.4 Å². The Bertz CT molecular complexity index is 743. The van der Waals surface area contributed by atoms with Crippen molar-refractivity contribution >= 4 is 21.8 Å². The monoisotopic (exact) mass is 381 g/mol. The van der Waals surface area contributed by atoms with Gasteiger partial charge < -0.3 is 10.6 Å². The van der Waals surface area contributed by atoms with Crippen LogP contribution in [0.1, 0.15) is 49.9 Å². The van der Waals surface area contributed by atoms with Crippen LogP contribution in [0.2, 0.25) is 0 Å². The molecular formula is C18H27N3O4S. The van der Waals surface area contributed by atoms with Gasteiger partial charge in [0.2, 0.25) is 15.9 Å². The number of hydrogen-bond donors (Lipinski definition) is 2. The molecule has 1 fully saturated rings. The highest BCUT2D eigenvalue weighted by Crippen LogP contribution is 2.21. The molecule has 1 atom stereocenters. The van der Waals surface area contributed by atoms with Gasteiger partial charge in [0.25, 0.3) is 5.91 Å². The third-order valence-corrected chi connectivity index (χ3v) is 6.23. The summed E-state index contributed by atoms with van der Waals surface area (Å²) in [6, 6.07) is 5.26. The fourth-order valence-corrected chi connectivity index (χ4v) is 4.36. The number of amides is 2. The number of piperidine rings is 1. The molecule has 1 heterocycles. The number of benzene rings is 1. The first-order chi connectivity index (χ1) is 12.4. The van der Waals surface area contributed by atoms with Crippen LogP contribution in [0.4, 0.5) is 0 Å². The minimum absolute atomic E-state index is 0.107. The maximum absolute atomic E-state index is 12.7. The topological polar surface area (TPSA) is 95.6 Å². The Balaban J connectivity index is 2.10. The van der Waals surface area contributed by atoms with E-state index < -0.39 is 22.0 Å². The van der Waals surface area contributed by atoms with Crippen LogP contribution in [0.25, 0.3) is 0 Å². The first-order valence-electron chi connectivity index (χ1n) is 9.05. The van der Waals surface area contributed by atoms with Crippen molar-refractivity contribution in [3.05, 3.63) is 29.8 Å². The predicted octanol–water partition coefficient (Wildman–Crippen LogP) is 1.51. The molecule has 1 unspecified atom stereocenters. The second-order valence-electron chi connectivity index (χ2n) is 6.48. The zero-order valence-corrected chi connectivity index (χ0v) is 16.1. The number of sulfonamides is 1. The highest BCUT2D eigenvalue weighted by molar-refractivity contribution is 7.89. The molecule has 0 aliphatic carbocycles. The Morgan fingerprint density at radius 2 is 1.88 bits per heavy atom. The van der Waals surface area contributed by atoms with E-state index in [1.54, 1.807) is 19.1 Å². The Morgan fingerprint density at radius 1 is 1.19 bits per heavy atom. The van der Waals surface area contributed by atoms with Crippen molar-refractivity contribution in [3.8, 4) is 0 Å². The zero-order chi connectivity index (χ0) is 19.2. The standard InChI is InChI=1S/C18H27N3O4S/c1-3-10-19-17(22)14(2)20-18(23)15-8-7-9-16(13-15)26(24,25)21-11-5-4-6-12-21/h7-9,13-14H,3-6,10-12H2,1-2H3,(H,19,22)(H,20,23). The summed E-state index contributed by atoms with van der Waals surface area (Å²) >= 11 is 0. The third kappa shape index (κ3) is 5.04. The first-order valence-corrected chi connectivity index (χ1v) is 10.5. The van der Waals surface area contributed by atoms with Gasteiger partial charge in [-0.25, -0.2) is 8.42 Å². The SMILES string of the molecule is CCCNC(=O)C(C)NC(=O)c1cccc(S(=O)(=O)N2CCCCC2)c1. The highest BCUT2D eigenvalue weighted by Gasteiger charge is 2.26. The van der Waals surface area contributed by atoms with Crippen LogP contribution in [0.5, 0.6) is 0 Å². The molecule has 2 N–H and O–H groups in total. The van der Waals surface area contributed by atoms with Crippen molar-refractivity contribution in [3.63, 3.8) is 0 Å². The van der Waals surface area contributed by atoms with Gasteiger partial charge in [0.05, 0.1) is 4.90 Å². The molecule has 0 aromatic heterocycles. The van der Waals surface area contributed by atoms with Crippen LogP contribution < -0.4 is 10.6 Å². The summed E-state index contributed by atoms with van der Waals surface area (Å²) in [4.78, 5) is 24.4.